The molecule has 0 fully saturated rings. The minimum absolute atomic E-state index is 0.0325. The van der Waals surface area contributed by atoms with Crippen LogP contribution in [0.15, 0.2) is 23.4 Å². The van der Waals surface area contributed by atoms with Crippen LogP contribution in [0, 0.1) is 13.8 Å². The van der Waals surface area contributed by atoms with Crippen molar-refractivity contribution in [3.8, 4) is 0 Å². The fourth-order valence-electron chi connectivity index (χ4n) is 1.98. The van der Waals surface area contributed by atoms with Crippen LogP contribution in [0.5, 0.6) is 0 Å². The Kier molecular flexibility index (Phi) is 6.36. The number of amides is 1. The zero-order valence-electron chi connectivity index (χ0n) is 11.5. The highest BCUT2D eigenvalue weighted by Gasteiger charge is 2.17. The van der Waals surface area contributed by atoms with Gasteiger partial charge in [-0.25, -0.2) is 0 Å². The summed E-state index contributed by atoms with van der Waals surface area (Å²) >= 11 is 5.69. The number of alkyl halides is 1. The number of rotatable bonds is 6. The van der Waals surface area contributed by atoms with Gasteiger partial charge in [-0.1, -0.05) is 23.4 Å². The molecule has 1 aromatic rings. The van der Waals surface area contributed by atoms with Crippen LogP contribution in [0.2, 0.25) is 0 Å². The quantitative estimate of drug-likeness (QED) is 0.457. The van der Waals surface area contributed by atoms with E-state index in [4.69, 9.17) is 11.6 Å². The summed E-state index contributed by atoms with van der Waals surface area (Å²) in [6, 6.07) is 5.95. The van der Waals surface area contributed by atoms with Gasteiger partial charge in [-0.15, -0.1) is 11.6 Å². The maximum absolute atomic E-state index is 12.0. The molecule has 1 rings (SSSR count). The van der Waals surface area contributed by atoms with Crippen LogP contribution >= 0.6 is 11.6 Å². The molecule has 0 radical (unpaired) electrons. The van der Waals surface area contributed by atoms with Gasteiger partial charge in [0.05, 0.1) is 0 Å². The van der Waals surface area contributed by atoms with Crippen LogP contribution in [0.3, 0.4) is 0 Å². The largest absolute Gasteiger partial charge is 0.399 e. The van der Waals surface area contributed by atoms with Gasteiger partial charge in [0, 0.05) is 24.9 Å². The van der Waals surface area contributed by atoms with Gasteiger partial charge in [0.2, 0.25) is 5.91 Å². The van der Waals surface area contributed by atoms with Crippen molar-refractivity contribution in [1.29, 1.82) is 0 Å². The van der Waals surface area contributed by atoms with Gasteiger partial charge in [-0.3, -0.25) is 4.79 Å². The second-order valence-electron chi connectivity index (χ2n) is 4.18. The Labute approximate surface area is 119 Å². The summed E-state index contributed by atoms with van der Waals surface area (Å²) in [6.45, 7) is 4.50. The second-order valence-corrected chi connectivity index (χ2v) is 4.45. The van der Waals surface area contributed by atoms with Crippen molar-refractivity contribution in [2.24, 2.45) is 5.16 Å². The van der Waals surface area contributed by atoms with Crippen molar-refractivity contribution >= 4 is 29.4 Å². The maximum atomic E-state index is 12.0. The first-order chi connectivity index (χ1) is 9.11. The van der Waals surface area contributed by atoms with E-state index in [0.717, 1.165) is 16.8 Å². The van der Waals surface area contributed by atoms with Crippen LogP contribution < -0.4 is 4.90 Å². The molecule has 0 aromatic heterocycles. The standard InChI is InChI=1S/C14H19ClN2O2/c1-11-6-4-7-12(2)14(11)17(13(18)10-15)9-5-8-16-19-3/h4,6-8H,5,9-10H2,1-3H3. The first-order valence-corrected chi connectivity index (χ1v) is 6.62. The van der Waals surface area contributed by atoms with Crippen molar-refractivity contribution in [1.82, 2.24) is 0 Å². The van der Waals surface area contributed by atoms with Gasteiger partial charge in [-0.05, 0) is 25.0 Å². The number of hydrogen-bond acceptors (Lipinski definition) is 3. The first kappa shape index (κ1) is 15.5. The van der Waals surface area contributed by atoms with E-state index in [-0.39, 0.29) is 11.8 Å². The predicted octanol–water partition coefficient (Wildman–Crippen LogP) is 2.90. The van der Waals surface area contributed by atoms with E-state index in [1.54, 1.807) is 11.1 Å². The summed E-state index contributed by atoms with van der Waals surface area (Å²) in [5, 5.41) is 3.67. The Balaban J connectivity index is 2.96. The van der Waals surface area contributed by atoms with E-state index in [9.17, 15) is 4.79 Å². The molecule has 1 aromatic carbocycles. The van der Waals surface area contributed by atoms with Crippen LogP contribution in [0.25, 0.3) is 0 Å². The van der Waals surface area contributed by atoms with E-state index in [0.29, 0.717) is 13.0 Å². The van der Waals surface area contributed by atoms with Crippen molar-refractivity contribution in [2.75, 3.05) is 24.4 Å². The zero-order chi connectivity index (χ0) is 14.3. The molecule has 0 aliphatic carbocycles. The highest BCUT2D eigenvalue weighted by atomic mass is 35.5. The number of aryl methyl sites for hydroxylation is 2. The zero-order valence-corrected chi connectivity index (χ0v) is 12.3. The number of halogens is 1. The Morgan fingerprint density at radius 3 is 2.58 bits per heavy atom. The van der Waals surface area contributed by atoms with E-state index in [1.807, 2.05) is 32.0 Å². The minimum atomic E-state index is -0.107. The summed E-state index contributed by atoms with van der Waals surface area (Å²) in [5.74, 6) is -0.139. The second kappa shape index (κ2) is 7.79. The van der Waals surface area contributed by atoms with E-state index in [1.165, 1.54) is 7.11 Å². The molecule has 0 spiro atoms. The summed E-state index contributed by atoms with van der Waals surface area (Å²) < 4.78 is 0. The molecule has 0 unspecified atom stereocenters. The first-order valence-electron chi connectivity index (χ1n) is 6.09. The van der Waals surface area contributed by atoms with Gasteiger partial charge in [0.25, 0.3) is 0 Å². The predicted molar refractivity (Wildman–Crippen MR) is 79.1 cm³/mol. The third kappa shape index (κ3) is 4.24. The van der Waals surface area contributed by atoms with Gasteiger partial charge in [0.15, 0.2) is 0 Å². The maximum Gasteiger partial charge on any atom is 0.241 e. The molecule has 0 saturated carbocycles. The van der Waals surface area contributed by atoms with Gasteiger partial charge < -0.3 is 9.74 Å². The van der Waals surface area contributed by atoms with E-state index >= 15 is 0 Å². The third-order valence-corrected chi connectivity index (χ3v) is 3.02. The average Bonchev–Trinajstić information content (AvgIpc) is 2.40. The fraction of sp³-hybridized carbons (Fsp3) is 0.429. The summed E-state index contributed by atoms with van der Waals surface area (Å²) in [4.78, 5) is 18.3. The topological polar surface area (TPSA) is 41.9 Å². The molecule has 4 nitrogen and oxygen atoms in total. The number of anilines is 1. The van der Waals surface area contributed by atoms with Crippen molar-refractivity contribution in [3.63, 3.8) is 0 Å². The normalized spacial score (nSPS) is 10.7. The van der Waals surface area contributed by atoms with Crippen molar-refractivity contribution < 1.29 is 9.63 Å². The third-order valence-electron chi connectivity index (χ3n) is 2.79. The molecule has 0 atom stereocenters. The fourth-order valence-corrected chi connectivity index (χ4v) is 2.12. The highest BCUT2D eigenvalue weighted by molar-refractivity contribution is 6.29. The van der Waals surface area contributed by atoms with Crippen molar-refractivity contribution in [2.45, 2.75) is 20.3 Å². The molecule has 0 aliphatic rings. The SMILES string of the molecule is CON=CCCN(C(=O)CCl)c1c(C)cccc1C. The lowest BCUT2D eigenvalue weighted by molar-refractivity contribution is -0.116. The molecular weight excluding hydrogens is 264 g/mol. The monoisotopic (exact) mass is 282 g/mol. The Bertz CT molecular complexity index is 441. The lowest BCUT2D eigenvalue weighted by Crippen LogP contribution is -2.34. The molecule has 1 amide bonds. The molecule has 0 aliphatic heterocycles. The Hall–Kier alpha value is -1.55. The molecule has 0 heterocycles. The Morgan fingerprint density at radius 1 is 1.42 bits per heavy atom. The number of oxime groups is 1. The molecule has 0 bridgehead atoms. The highest BCUT2D eigenvalue weighted by Crippen LogP contribution is 2.25. The number of carbonyl (C=O) groups is 1. The molecule has 5 heteroatoms. The summed E-state index contributed by atoms with van der Waals surface area (Å²) in [7, 11) is 1.49. The lowest BCUT2D eigenvalue weighted by Gasteiger charge is -2.25. The Morgan fingerprint density at radius 2 is 2.05 bits per heavy atom. The number of para-hydroxylation sites is 1. The van der Waals surface area contributed by atoms with E-state index in [2.05, 4.69) is 9.99 Å². The molecular formula is C14H19ClN2O2. The lowest BCUT2D eigenvalue weighted by atomic mass is 10.1. The van der Waals surface area contributed by atoms with Crippen LogP contribution in [-0.4, -0.2) is 31.7 Å². The summed E-state index contributed by atoms with van der Waals surface area (Å²) in [5.41, 5.74) is 3.04. The molecule has 104 valence electrons. The number of carbonyl (C=O) groups excluding carboxylic acids is 1. The molecule has 0 saturated heterocycles. The minimum Gasteiger partial charge on any atom is -0.399 e. The van der Waals surface area contributed by atoms with Crippen LogP contribution in [0.1, 0.15) is 17.5 Å². The van der Waals surface area contributed by atoms with Crippen molar-refractivity contribution in [3.05, 3.63) is 29.3 Å². The average molecular weight is 283 g/mol. The molecule has 0 N–H and O–H groups in total. The van der Waals surface area contributed by atoms with Crippen LogP contribution in [-0.2, 0) is 9.63 Å². The summed E-state index contributed by atoms with van der Waals surface area (Å²) in [6.07, 6.45) is 2.26. The van der Waals surface area contributed by atoms with Gasteiger partial charge >= 0.3 is 0 Å². The number of hydrogen-bond donors (Lipinski definition) is 0. The van der Waals surface area contributed by atoms with Crippen LogP contribution in [0.4, 0.5) is 5.69 Å². The number of nitrogens with zero attached hydrogens (tertiary/aromatic N) is 2. The molecule has 19 heavy (non-hydrogen) atoms. The van der Waals surface area contributed by atoms with E-state index < -0.39 is 0 Å². The van der Waals surface area contributed by atoms with Gasteiger partial charge in [0.1, 0.15) is 13.0 Å². The smallest absolute Gasteiger partial charge is 0.241 e. The van der Waals surface area contributed by atoms with Gasteiger partial charge in [-0.2, -0.15) is 0 Å². The number of benzene rings is 1.